The van der Waals surface area contributed by atoms with Crippen molar-refractivity contribution in [1.29, 1.82) is 0 Å². The van der Waals surface area contributed by atoms with Gasteiger partial charge in [-0.1, -0.05) is 24.6 Å². The number of nitrogens with zero attached hydrogens (tertiary/aromatic N) is 2. The molecule has 2 aliphatic rings. The molecule has 1 spiro atoms. The van der Waals surface area contributed by atoms with Gasteiger partial charge in [0.1, 0.15) is 0 Å². The molecular weight excluding hydrogens is 344 g/mol. The molecule has 130 valence electrons. The molecule has 24 heavy (non-hydrogen) atoms. The molecular formula is C18H23ClN2O2S. The Morgan fingerprint density at radius 3 is 2.67 bits per heavy atom. The van der Waals surface area contributed by atoms with Crippen LogP contribution in [-0.4, -0.2) is 51.9 Å². The van der Waals surface area contributed by atoms with Gasteiger partial charge in [0.2, 0.25) is 5.91 Å². The lowest BCUT2D eigenvalue weighted by Crippen LogP contribution is -2.53. The van der Waals surface area contributed by atoms with Gasteiger partial charge in [0.25, 0.3) is 5.91 Å². The molecule has 2 fully saturated rings. The third-order valence-electron chi connectivity index (χ3n) is 4.86. The van der Waals surface area contributed by atoms with Crippen molar-refractivity contribution in [1.82, 2.24) is 9.80 Å². The van der Waals surface area contributed by atoms with Gasteiger partial charge >= 0.3 is 0 Å². The van der Waals surface area contributed by atoms with Crippen molar-refractivity contribution in [2.45, 2.75) is 37.5 Å². The summed E-state index contributed by atoms with van der Waals surface area (Å²) in [6.45, 7) is 4.27. The summed E-state index contributed by atoms with van der Waals surface area (Å²) in [7, 11) is 0. The van der Waals surface area contributed by atoms with Crippen LogP contribution in [0.2, 0.25) is 5.02 Å². The van der Waals surface area contributed by atoms with Gasteiger partial charge in [0.05, 0.1) is 4.87 Å². The molecule has 4 nitrogen and oxygen atoms in total. The lowest BCUT2D eigenvalue weighted by atomic mass is 10.0. The Morgan fingerprint density at radius 2 is 2.00 bits per heavy atom. The molecule has 2 aliphatic heterocycles. The van der Waals surface area contributed by atoms with Gasteiger partial charge in [-0.15, -0.1) is 11.8 Å². The van der Waals surface area contributed by atoms with E-state index in [1.54, 1.807) is 12.1 Å². The minimum atomic E-state index is -0.164. The van der Waals surface area contributed by atoms with Crippen LogP contribution in [0.5, 0.6) is 0 Å². The number of carbonyl (C=O) groups is 2. The van der Waals surface area contributed by atoms with Crippen LogP contribution in [0.4, 0.5) is 0 Å². The summed E-state index contributed by atoms with van der Waals surface area (Å²) in [5, 5.41) is 0.585. The average Bonchev–Trinajstić information content (AvgIpc) is 2.98. The molecule has 0 radical (unpaired) electrons. The quantitative estimate of drug-likeness (QED) is 0.819. The highest BCUT2D eigenvalue weighted by atomic mass is 35.5. The topological polar surface area (TPSA) is 40.6 Å². The Kier molecular flexibility index (Phi) is 5.40. The SMILES string of the molecule is CCCC(=O)N1CCC2(CC1)SCCN2C(=O)c1cccc(Cl)c1. The van der Waals surface area contributed by atoms with E-state index in [0.717, 1.165) is 44.6 Å². The normalized spacial score (nSPS) is 19.8. The lowest BCUT2D eigenvalue weighted by Gasteiger charge is -2.44. The van der Waals surface area contributed by atoms with Crippen LogP contribution < -0.4 is 0 Å². The van der Waals surface area contributed by atoms with Crippen molar-refractivity contribution in [2.24, 2.45) is 0 Å². The molecule has 1 aromatic carbocycles. The van der Waals surface area contributed by atoms with Crippen LogP contribution in [0, 0.1) is 0 Å². The average molecular weight is 367 g/mol. The summed E-state index contributed by atoms with van der Waals surface area (Å²) >= 11 is 7.90. The molecule has 2 amide bonds. The molecule has 6 heteroatoms. The van der Waals surface area contributed by atoms with Gasteiger partial charge in [-0.2, -0.15) is 0 Å². The summed E-state index contributed by atoms with van der Waals surface area (Å²) in [6, 6.07) is 7.16. The zero-order valence-electron chi connectivity index (χ0n) is 14.0. The third kappa shape index (κ3) is 3.42. The first kappa shape index (κ1) is 17.6. The second-order valence-corrected chi connectivity index (χ2v) is 8.29. The van der Waals surface area contributed by atoms with Crippen LogP contribution in [0.15, 0.2) is 24.3 Å². The number of benzene rings is 1. The number of hydrogen-bond acceptors (Lipinski definition) is 3. The van der Waals surface area contributed by atoms with Crippen molar-refractivity contribution in [2.75, 3.05) is 25.4 Å². The molecule has 0 bridgehead atoms. The maximum absolute atomic E-state index is 13.0. The van der Waals surface area contributed by atoms with Crippen LogP contribution in [0.1, 0.15) is 43.0 Å². The Morgan fingerprint density at radius 1 is 1.25 bits per heavy atom. The highest BCUT2D eigenvalue weighted by molar-refractivity contribution is 8.00. The van der Waals surface area contributed by atoms with E-state index >= 15 is 0 Å². The Labute approximate surface area is 152 Å². The summed E-state index contributed by atoms with van der Waals surface area (Å²) in [6.07, 6.45) is 3.19. The van der Waals surface area contributed by atoms with E-state index in [1.165, 1.54) is 0 Å². The minimum Gasteiger partial charge on any atom is -0.342 e. The molecule has 3 rings (SSSR count). The smallest absolute Gasteiger partial charge is 0.255 e. The zero-order valence-corrected chi connectivity index (χ0v) is 15.5. The van der Waals surface area contributed by atoms with Crippen LogP contribution in [-0.2, 0) is 4.79 Å². The molecule has 0 aromatic heterocycles. The first-order valence-corrected chi connectivity index (χ1v) is 9.91. The standard InChI is InChI=1S/C18H23ClN2O2S/c1-2-4-16(22)20-9-7-18(8-10-20)21(11-12-24-18)17(23)14-5-3-6-15(19)13-14/h3,5-6,13H,2,4,7-12H2,1H3. The van der Waals surface area contributed by atoms with Crippen LogP contribution in [0.3, 0.4) is 0 Å². The summed E-state index contributed by atoms with van der Waals surface area (Å²) < 4.78 is 0. The number of rotatable bonds is 3. The maximum Gasteiger partial charge on any atom is 0.255 e. The van der Waals surface area contributed by atoms with E-state index in [2.05, 4.69) is 0 Å². The fourth-order valence-electron chi connectivity index (χ4n) is 3.56. The van der Waals surface area contributed by atoms with E-state index in [0.29, 0.717) is 17.0 Å². The number of carbonyl (C=O) groups excluding carboxylic acids is 2. The number of hydrogen-bond donors (Lipinski definition) is 0. The van der Waals surface area contributed by atoms with Gasteiger partial charge in [-0.05, 0) is 37.5 Å². The third-order valence-corrected chi connectivity index (χ3v) is 6.64. The second-order valence-electron chi connectivity index (χ2n) is 6.39. The molecule has 2 saturated heterocycles. The molecule has 0 unspecified atom stereocenters. The van der Waals surface area contributed by atoms with Gasteiger partial charge in [-0.25, -0.2) is 0 Å². The first-order valence-electron chi connectivity index (χ1n) is 8.55. The van der Waals surface area contributed by atoms with Gasteiger partial charge in [0.15, 0.2) is 0 Å². The van der Waals surface area contributed by atoms with E-state index < -0.39 is 0 Å². The van der Waals surface area contributed by atoms with Crippen LogP contribution >= 0.6 is 23.4 Å². The fourth-order valence-corrected chi connectivity index (χ4v) is 5.21. The zero-order chi connectivity index (χ0) is 17.2. The molecule has 0 saturated carbocycles. The molecule has 1 aromatic rings. The number of thioether (sulfide) groups is 1. The van der Waals surface area contributed by atoms with Gasteiger partial charge in [0, 0.05) is 42.4 Å². The lowest BCUT2D eigenvalue weighted by molar-refractivity contribution is -0.132. The molecule has 0 aliphatic carbocycles. The summed E-state index contributed by atoms with van der Waals surface area (Å²) in [5.74, 6) is 1.24. The number of likely N-dealkylation sites (tertiary alicyclic amines) is 1. The molecule has 0 N–H and O–H groups in total. The van der Waals surface area contributed by atoms with Crippen molar-refractivity contribution in [3.63, 3.8) is 0 Å². The number of amides is 2. The Bertz CT molecular complexity index is 629. The Hall–Kier alpha value is -1.20. The maximum atomic E-state index is 13.0. The molecule has 2 heterocycles. The van der Waals surface area contributed by atoms with E-state index in [1.807, 2.05) is 40.6 Å². The second kappa shape index (κ2) is 7.36. The largest absolute Gasteiger partial charge is 0.342 e. The van der Waals surface area contributed by atoms with E-state index in [-0.39, 0.29) is 16.7 Å². The highest BCUT2D eigenvalue weighted by Crippen LogP contribution is 2.44. The monoisotopic (exact) mass is 366 g/mol. The van der Waals surface area contributed by atoms with Crippen LogP contribution in [0.25, 0.3) is 0 Å². The van der Waals surface area contributed by atoms with Crippen molar-refractivity contribution in [3.8, 4) is 0 Å². The van der Waals surface area contributed by atoms with E-state index in [4.69, 9.17) is 11.6 Å². The number of halogens is 1. The van der Waals surface area contributed by atoms with Crippen molar-refractivity contribution in [3.05, 3.63) is 34.9 Å². The fraction of sp³-hybridized carbons (Fsp3) is 0.556. The first-order chi connectivity index (χ1) is 11.6. The molecule has 0 atom stereocenters. The minimum absolute atomic E-state index is 0.0517. The van der Waals surface area contributed by atoms with Crippen molar-refractivity contribution >= 4 is 35.2 Å². The Balaban J connectivity index is 1.72. The van der Waals surface area contributed by atoms with E-state index in [9.17, 15) is 9.59 Å². The summed E-state index contributed by atoms with van der Waals surface area (Å²) in [4.78, 5) is 28.9. The predicted octanol–water partition coefficient (Wildman–Crippen LogP) is 3.65. The summed E-state index contributed by atoms with van der Waals surface area (Å²) in [5.41, 5.74) is 0.647. The highest BCUT2D eigenvalue weighted by Gasteiger charge is 2.46. The predicted molar refractivity (Wildman–Crippen MR) is 98.4 cm³/mol. The van der Waals surface area contributed by atoms with Gasteiger partial charge < -0.3 is 9.80 Å². The van der Waals surface area contributed by atoms with Gasteiger partial charge in [-0.3, -0.25) is 9.59 Å². The van der Waals surface area contributed by atoms with Crippen molar-refractivity contribution < 1.29 is 9.59 Å². The number of piperidine rings is 1.